The number of hydrogen-bond acceptors (Lipinski definition) is 4. The van der Waals surface area contributed by atoms with E-state index in [9.17, 15) is 4.79 Å². The third-order valence-corrected chi connectivity index (χ3v) is 2.69. The Morgan fingerprint density at radius 3 is 2.68 bits per heavy atom. The molecule has 0 fully saturated rings. The van der Waals surface area contributed by atoms with Crippen LogP contribution >= 0.6 is 0 Å². The first-order valence-corrected chi connectivity index (χ1v) is 5.92. The van der Waals surface area contributed by atoms with Gasteiger partial charge >= 0.3 is 0 Å². The molecule has 5 heteroatoms. The van der Waals surface area contributed by atoms with Gasteiger partial charge < -0.3 is 10.1 Å². The van der Waals surface area contributed by atoms with Crippen molar-refractivity contribution in [2.45, 2.75) is 13.0 Å². The van der Waals surface area contributed by atoms with Crippen LogP contribution in [-0.4, -0.2) is 23.0 Å². The average Bonchev–Trinajstić information content (AvgIpc) is 2.48. The van der Waals surface area contributed by atoms with Crippen LogP contribution < -0.4 is 10.1 Å². The second-order valence-corrected chi connectivity index (χ2v) is 4.04. The number of pyridine rings is 2. The van der Waals surface area contributed by atoms with E-state index in [0.29, 0.717) is 11.4 Å². The molecule has 0 saturated heterocycles. The van der Waals surface area contributed by atoms with E-state index in [2.05, 4.69) is 15.3 Å². The zero-order valence-electron chi connectivity index (χ0n) is 10.8. The molecule has 0 radical (unpaired) electrons. The van der Waals surface area contributed by atoms with E-state index in [0.717, 1.165) is 5.69 Å². The van der Waals surface area contributed by atoms with Gasteiger partial charge in [0, 0.05) is 18.5 Å². The summed E-state index contributed by atoms with van der Waals surface area (Å²) in [6.07, 6.45) is 3.19. The number of carbonyl (C=O) groups is 1. The summed E-state index contributed by atoms with van der Waals surface area (Å²) in [5, 5.41) is 2.87. The first-order valence-electron chi connectivity index (χ1n) is 5.92. The second-order valence-electron chi connectivity index (χ2n) is 4.04. The summed E-state index contributed by atoms with van der Waals surface area (Å²) in [4.78, 5) is 20.2. The third kappa shape index (κ3) is 3.28. The number of aromatic nitrogens is 2. The summed E-state index contributed by atoms with van der Waals surface area (Å²) < 4.78 is 4.95. The van der Waals surface area contributed by atoms with Crippen LogP contribution in [0.25, 0.3) is 0 Å². The molecule has 5 nitrogen and oxygen atoms in total. The third-order valence-electron chi connectivity index (χ3n) is 2.69. The van der Waals surface area contributed by atoms with E-state index in [1.807, 2.05) is 25.1 Å². The molecular formula is C14H15N3O2. The van der Waals surface area contributed by atoms with Crippen LogP contribution in [0.3, 0.4) is 0 Å². The summed E-state index contributed by atoms with van der Waals surface area (Å²) in [6.45, 7) is 1.89. The van der Waals surface area contributed by atoms with Crippen LogP contribution in [0.4, 0.5) is 0 Å². The fourth-order valence-electron chi connectivity index (χ4n) is 1.62. The molecule has 0 aromatic carbocycles. The topological polar surface area (TPSA) is 64.1 Å². The summed E-state index contributed by atoms with van der Waals surface area (Å²) in [6, 6.07) is 8.77. The maximum absolute atomic E-state index is 12.0. The van der Waals surface area contributed by atoms with Crippen molar-refractivity contribution in [3.05, 3.63) is 54.0 Å². The second kappa shape index (κ2) is 5.95. The summed E-state index contributed by atoms with van der Waals surface area (Å²) in [5.74, 6) is 0.294. The van der Waals surface area contributed by atoms with Gasteiger partial charge in [-0.3, -0.25) is 9.78 Å². The quantitative estimate of drug-likeness (QED) is 0.909. The first-order chi connectivity index (χ1) is 9.20. The number of carbonyl (C=O) groups excluding carboxylic acids is 1. The Morgan fingerprint density at radius 1 is 1.26 bits per heavy atom. The molecule has 0 bridgehead atoms. The number of hydrogen-bond donors (Lipinski definition) is 1. The van der Waals surface area contributed by atoms with Crippen LogP contribution in [0.5, 0.6) is 5.88 Å². The van der Waals surface area contributed by atoms with Gasteiger partial charge in [-0.1, -0.05) is 6.07 Å². The SMILES string of the molecule is COc1ccc(C(=O)N[C@H](C)c2ccccn2)cn1. The molecular weight excluding hydrogens is 242 g/mol. The Balaban J connectivity index is 2.04. The van der Waals surface area contributed by atoms with Crippen molar-refractivity contribution in [2.75, 3.05) is 7.11 Å². The molecule has 19 heavy (non-hydrogen) atoms. The van der Waals surface area contributed by atoms with E-state index >= 15 is 0 Å². The zero-order chi connectivity index (χ0) is 13.7. The Labute approximate surface area is 111 Å². The molecule has 2 aromatic heterocycles. The van der Waals surface area contributed by atoms with E-state index in [1.54, 1.807) is 18.3 Å². The molecule has 0 aliphatic rings. The van der Waals surface area contributed by atoms with E-state index in [4.69, 9.17) is 4.74 Å². The summed E-state index contributed by atoms with van der Waals surface area (Å²) in [5.41, 5.74) is 1.31. The van der Waals surface area contributed by atoms with Crippen molar-refractivity contribution in [2.24, 2.45) is 0 Å². The molecule has 0 unspecified atom stereocenters. The van der Waals surface area contributed by atoms with Gasteiger partial charge in [-0.05, 0) is 25.1 Å². The molecule has 0 aliphatic heterocycles. The summed E-state index contributed by atoms with van der Waals surface area (Å²) >= 11 is 0. The Bertz CT molecular complexity index is 540. The van der Waals surface area contributed by atoms with Crippen molar-refractivity contribution in [3.8, 4) is 5.88 Å². The minimum Gasteiger partial charge on any atom is -0.481 e. The Morgan fingerprint density at radius 2 is 2.11 bits per heavy atom. The van der Waals surface area contributed by atoms with E-state index in [1.165, 1.54) is 13.3 Å². The number of rotatable bonds is 4. The number of nitrogens with one attached hydrogen (secondary N) is 1. The highest BCUT2D eigenvalue weighted by molar-refractivity contribution is 5.94. The predicted octanol–water partition coefficient (Wildman–Crippen LogP) is 1.98. The van der Waals surface area contributed by atoms with Crippen LogP contribution in [0.15, 0.2) is 42.7 Å². The van der Waals surface area contributed by atoms with Gasteiger partial charge in [-0.25, -0.2) is 4.98 Å². The normalized spacial score (nSPS) is 11.7. The van der Waals surface area contributed by atoms with E-state index in [-0.39, 0.29) is 11.9 Å². The van der Waals surface area contributed by atoms with Gasteiger partial charge in [-0.2, -0.15) is 0 Å². The Hall–Kier alpha value is -2.43. The highest BCUT2D eigenvalue weighted by Gasteiger charge is 2.12. The standard InChI is InChI=1S/C14H15N3O2/c1-10(12-5-3-4-8-15-12)17-14(18)11-6-7-13(19-2)16-9-11/h3-10H,1-2H3,(H,17,18)/t10-/m1/s1. The molecule has 2 rings (SSSR count). The monoisotopic (exact) mass is 257 g/mol. The van der Waals surface area contributed by atoms with Crippen molar-refractivity contribution in [3.63, 3.8) is 0 Å². The number of nitrogens with zero attached hydrogens (tertiary/aromatic N) is 2. The lowest BCUT2D eigenvalue weighted by molar-refractivity contribution is 0.0938. The minimum absolute atomic E-state index is 0.157. The smallest absolute Gasteiger partial charge is 0.253 e. The first kappa shape index (κ1) is 13.0. The highest BCUT2D eigenvalue weighted by Crippen LogP contribution is 2.11. The molecule has 2 heterocycles. The van der Waals surface area contributed by atoms with Crippen LogP contribution in [-0.2, 0) is 0 Å². The lowest BCUT2D eigenvalue weighted by Crippen LogP contribution is -2.27. The predicted molar refractivity (Wildman–Crippen MR) is 70.9 cm³/mol. The van der Waals surface area contributed by atoms with Gasteiger partial charge in [-0.15, -0.1) is 0 Å². The maximum atomic E-state index is 12.0. The maximum Gasteiger partial charge on any atom is 0.253 e. The average molecular weight is 257 g/mol. The molecule has 1 atom stereocenters. The fraction of sp³-hybridized carbons (Fsp3) is 0.214. The van der Waals surface area contributed by atoms with Crippen molar-refractivity contribution in [1.29, 1.82) is 0 Å². The Kier molecular flexibility index (Phi) is 4.07. The van der Waals surface area contributed by atoms with Crippen molar-refractivity contribution in [1.82, 2.24) is 15.3 Å². The van der Waals surface area contributed by atoms with Gasteiger partial charge in [0.15, 0.2) is 0 Å². The van der Waals surface area contributed by atoms with E-state index < -0.39 is 0 Å². The number of ether oxygens (including phenoxy) is 1. The van der Waals surface area contributed by atoms with Crippen LogP contribution in [0.2, 0.25) is 0 Å². The molecule has 0 aliphatic carbocycles. The highest BCUT2D eigenvalue weighted by atomic mass is 16.5. The van der Waals surface area contributed by atoms with Gasteiger partial charge in [0.1, 0.15) is 0 Å². The van der Waals surface area contributed by atoms with Gasteiger partial charge in [0.05, 0.1) is 24.4 Å². The molecule has 0 spiro atoms. The fourth-order valence-corrected chi connectivity index (χ4v) is 1.62. The number of amides is 1. The lowest BCUT2D eigenvalue weighted by atomic mass is 10.2. The molecule has 98 valence electrons. The summed E-state index contributed by atoms with van der Waals surface area (Å²) in [7, 11) is 1.53. The zero-order valence-corrected chi connectivity index (χ0v) is 10.8. The van der Waals surface area contributed by atoms with Gasteiger partial charge in [0.2, 0.25) is 5.88 Å². The molecule has 2 aromatic rings. The largest absolute Gasteiger partial charge is 0.481 e. The van der Waals surface area contributed by atoms with Gasteiger partial charge in [0.25, 0.3) is 5.91 Å². The molecule has 1 amide bonds. The van der Waals surface area contributed by atoms with Crippen molar-refractivity contribution >= 4 is 5.91 Å². The lowest BCUT2D eigenvalue weighted by Gasteiger charge is -2.13. The molecule has 1 N–H and O–H groups in total. The molecule has 0 saturated carbocycles. The van der Waals surface area contributed by atoms with Crippen LogP contribution in [0.1, 0.15) is 29.0 Å². The van der Waals surface area contributed by atoms with Crippen molar-refractivity contribution < 1.29 is 9.53 Å². The van der Waals surface area contributed by atoms with Crippen LogP contribution in [0, 0.1) is 0 Å². The number of methoxy groups -OCH3 is 1. The minimum atomic E-state index is -0.187.